The van der Waals surface area contributed by atoms with Crippen molar-refractivity contribution in [2.75, 3.05) is 6.54 Å². The Kier molecular flexibility index (Phi) is 3.17. The van der Waals surface area contributed by atoms with Gasteiger partial charge in [0.15, 0.2) is 0 Å². The third-order valence-corrected chi connectivity index (χ3v) is 3.71. The van der Waals surface area contributed by atoms with Crippen LogP contribution in [0.25, 0.3) is 0 Å². The van der Waals surface area contributed by atoms with E-state index in [0.717, 1.165) is 18.5 Å². The molecule has 2 unspecified atom stereocenters. The van der Waals surface area contributed by atoms with Gasteiger partial charge in [0.25, 0.3) is 0 Å². The van der Waals surface area contributed by atoms with E-state index in [2.05, 4.69) is 10.1 Å². The van der Waals surface area contributed by atoms with E-state index in [9.17, 15) is 13.2 Å². The molecular weight excluding hydrogens is 255 g/mol. The van der Waals surface area contributed by atoms with Gasteiger partial charge >= 0.3 is 6.36 Å². The van der Waals surface area contributed by atoms with Crippen molar-refractivity contribution in [3.63, 3.8) is 0 Å². The standard InChI is InChI=1S/C14H16F3NO/c15-14(16,17)19-12-5-1-9(2-6-12)13-7-10(13)8-18-11-3-4-11/h1-2,5-6,10-11,13,18H,3-4,7-8H2. The number of alkyl halides is 3. The van der Waals surface area contributed by atoms with Crippen LogP contribution in [0.4, 0.5) is 13.2 Å². The van der Waals surface area contributed by atoms with Gasteiger partial charge in [0.2, 0.25) is 0 Å². The summed E-state index contributed by atoms with van der Waals surface area (Å²) < 4.78 is 39.9. The van der Waals surface area contributed by atoms with Crippen molar-refractivity contribution < 1.29 is 17.9 Å². The second-order valence-corrected chi connectivity index (χ2v) is 5.40. The maximum absolute atomic E-state index is 12.0. The maximum atomic E-state index is 12.0. The van der Waals surface area contributed by atoms with Crippen molar-refractivity contribution in [3.8, 4) is 5.75 Å². The second kappa shape index (κ2) is 4.71. The first kappa shape index (κ1) is 12.8. The fraction of sp³-hybridized carbons (Fsp3) is 0.571. The summed E-state index contributed by atoms with van der Waals surface area (Å²) in [5.41, 5.74) is 1.11. The predicted octanol–water partition coefficient (Wildman–Crippen LogP) is 3.44. The highest BCUT2D eigenvalue weighted by Gasteiger charge is 2.39. The Morgan fingerprint density at radius 2 is 1.84 bits per heavy atom. The minimum absolute atomic E-state index is 0.149. The lowest BCUT2D eigenvalue weighted by atomic mass is 10.1. The molecule has 2 aliphatic carbocycles. The molecule has 104 valence electrons. The lowest BCUT2D eigenvalue weighted by molar-refractivity contribution is -0.274. The molecule has 0 bridgehead atoms. The quantitative estimate of drug-likeness (QED) is 0.885. The van der Waals surface area contributed by atoms with Gasteiger partial charge in [-0.15, -0.1) is 13.2 Å². The summed E-state index contributed by atoms with van der Waals surface area (Å²) in [5.74, 6) is 0.978. The van der Waals surface area contributed by atoms with Gasteiger partial charge < -0.3 is 10.1 Å². The number of ether oxygens (including phenoxy) is 1. The Morgan fingerprint density at radius 1 is 1.16 bits per heavy atom. The van der Waals surface area contributed by atoms with Crippen LogP contribution in [0.1, 0.15) is 30.7 Å². The molecule has 2 fully saturated rings. The summed E-state index contributed by atoms with van der Waals surface area (Å²) in [7, 11) is 0. The van der Waals surface area contributed by atoms with Crippen molar-refractivity contribution in [3.05, 3.63) is 29.8 Å². The van der Waals surface area contributed by atoms with E-state index < -0.39 is 6.36 Å². The molecular formula is C14H16F3NO. The fourth-order valence-electron chi connectivity index (χ4n) is 2.40. The molecule has 0 saturated heterocycles. The average molecular weight is 271 g/mol. The Balaban J connectivity index is 1.52. The Labute approximate surface area is 109 Å². The molecule has 0 radical (unpaired) electrons. The molecule has 0 aromatic heterocycles. The van der Waals surface area contributed by atoms with Crippen LogP contribution < -0.4 is 10.1 Å². The zero-order chi connectivity index (χ0) is 13.5. The molecule has 1 aromatic rings. The first-order valence-electron chi connectivity index (χ1n) is 6.60. The molecule has 1 N–H and O–H groups in total. The molecule has 19 heavy (non-hydrogen) atoms. The third kappa shape index (κ3) is 3.62. The van der Waals surface area contributed by atoms with E-state index in [-0.39, 0.29) is 5.75 Å². The van der Waals surface area contributed by atoms with Crippen molar-refractivity contribution in [2.24, 2.45) is 5.92 Å². The van der Waals surface area contributed by atoms with Gasteiger partial charge in [-0.2, -0.15) is 0 Å². The number of hydrogen-bond donors (Lipinski definition) is 1. The largest absolute Gasteiger partial charge is 0.573 e. The minimum atomic E-state index is -4.61. The summed E-state index contributed by atoms with van der Waals surface area (Å²) in [6.07, 6.45) is -0.932. The van der Waals surface area contributed by atoms with Crippen molar-refractivity contribution >= 4 is 0 Å². The van der Waals surface area contributed by atoms with E-state index in [4.69, 9.17) is 0 Å². The first-order chi connectivity index (χ1) is 9.01. The Bertz CT molecular complexity index is 439. The SMILES string of the molecule is FC(F)(F)Oc1ccc(C2CC2CNC2CC2)cc1. The molecule has 0 heterocycles. The van der Waals surface area contributed by atoms with E-state index >= 15 is 0 Å². The van der Waals surface area contributed by atoms with Gasteiger partial charge in [0.1, 0.15) is 5.75 Å². The van der Waals surface area contributed by atoms with Crippen LogP contribution in [0.15, 0.2) is 24.3 Å². The van der Waals surface area contributed by atoms with E-state index in [0.29, 0.717) is 17.9 Å². The average Bonchev–Trinajstić information content (AvgIpc) is 3.21. The summed E-state index contributed by atoms with van der Waals surface area (Å²) in [4.78, 5) is 0. The lowest BCUT2D eigenvalue weighted by Crippen LogP contribution is -2.19. The van der Waals surface area contributed by atoms with Crippen molar-refractivity contribution in [2.45, 2.75) is 37.6 Å². The van der Waals surface area contributed by atoms with Gasteiger partial charge in [-0.3, -0.25) is 0 Å². The summed E-state index contributed by atoms with van der Waals surface area (Å²) in [6, 6.07) is 6.98. The number of rotatable bonds is 5. The van der Waals surface area contributed by atoms with Crippen LogP contribution in [0.5, 0.6) is 5.75 Å². The molecule has 5 heteroatoms. The highest BCUT2D eigenvalue weighted by molar-refractivity contribution is 5.32. The third-order valence-electron chi connectivity index (χ3n) is 3.71. The van der Waals surface area contributed by atoms with E-state index in [1.807, 2.05) is 0 Å². The number of hydrogen-bond acceptors (Lipinski definition) is 2. The van der Waals surface area contributed by atoms with Crippen LogP contribution in [0.2, 0.25) is 0 Å². The molecule has 0 spiro atoms. The van der Waals surface area contributed by atoms with Gasteiger partial charge in [0.05, 0.1) is 0 Å². The monoisotopic (exact) mass is 271 g/mol. The van der Waals surface area contributed by atoms with Gasteiger partial charge in [-0.25, -0.2) is 0 Å². The Hall–Kier alpha value is -1.23. The van der Waals surface area contributed by atoms with Crippen molar-refractivity contribution in [1.29, 1.82) is 0 Å². The minimum Gasteiger partial charge on any atom is -0.406 e. The zero-order valence-corrected chi connectivity index (χ0v) is 10.4. The Morgan fingerprint density at radius 3 is 2.42 bits per heavy atom. The van der Waals surface area contributed by atoms with Gasteiger partial charge in [-0.05, 0) is 55.3 Å². The molecule has 3 rings (SSSR count). The fourth-order valence-corrected chi connectivity index (χ4v) is 2.40. The topological polar surface area (TPSA) is 21.3 Å². The molecule has 2 nitrogen and oxygen atoms in total. The summed E-state index contributed by atoms with van der Waals surface area (Å²) >= 11 is 0. The van der Waals surface area contributed by atoms with Crippen LogP contribution in [0, 0.1) is 5.92 Å². The number of benzene rings is 1. The highest BCUT2D eigenvalue weighted by atomic mass is 19.4. The normalized spacial score (nSPS) is 26.3. The number of halogens is 3. The molecule has 0 amide bonds. The molecule has 1 aromatic carbocycles. The second-order valence-electron chi connectivity index (χ2n) is 5.40. The predicted molar refractivity (Wildman–Crippen MR) is 65.0 cm³/mol. The molecule has 2 saturated carbocycles. The molecule has 2 aliphatic rings. The summed E-state index contributed by atoms with van der Waals surface area (Å²) in [6.45, 7) is 1.02. The van der Waals surface area contributed by atoms with Crippen molar-refractivity contribution in [1.82, 2.24) is 5.32 Å². The molecule has 0 aliphatic heterocycles. The zero-order valence-electron chi connectivity index (χ0n) is 10.4. The number of nitrogens with one attached hydrogen (secondary N) is 1. The maximum Gasteiger partial charge on any atom is 0.573 e. The van der Waals surface area contributed by atoms with Crippen LogP contribution in [-0.2, 0) is 0 Å². The first-order valence-corrected chi connectivity index (χ1v) is 6.60. The van der Waals surface area contributed by atoms with Crippen LogP contribution in [-0.4, -0.2) is 18.9 Å². The molecule has 2 atom stereocenters. The van der Waals surface area contributed by atoms with E-state index in [1.165, 1.54) is 25.0 Å². The highest BCUT2D eigenvalue weighted by Crippen LogP contribution is 2.47. The summed E-state index contributed by atoms with van der Waals surface area (Å²) in [5, 5.41) is 3.49. The lowest BCUT2D eigenvalue weighted by Gasteiger charge is -2.09. The van der Waals surface area contributed by atoms with Gasteiger partial charge in [0, 0.05) is 6.04 Å². The van der Waals surface area contributed by atoms with Crippen LogP contribution in [0.3, 0.4) is 0 Å². The van der Waals surface area contributed by atoms with Gasteiger partial charge in [-0.1, -0.05) is 12.1 Å². The van der Waals surface area contributed by atoms with Crippen LogP contribution >= 0.6 is 0 Å². The smallest absolute Gasteiger partial charge is 0.406 e. The van der Waals surface area contributed by atoms with E-state index in [1.54, 1.807) is 12.1 Å².